The fourth-order valence-corrected chi connectivity index (χ4v) is 2.51. The topological polar surface area (TPSA) is 49.8 Å². The van der Waals surface area contributed by atoms with Gasteiger partial charge in [0.15, 0.2) is 5.78 Å². The molecular formula is C15H19F2NO3. The van der Waals surface area contributed by atoms with Gasteiger partial charge in [-0.15, -0.1) is 0 Å². The fourth-order valence-electron chi connectivity index (χ4n) is 2.51. The molecule has 0 aromatic heterocycles. The maximum Gasteiger partial charge on any atom is 0.179 e. The molecular weight excluding hydrogens is 280 g/mol. The van der Waals surface area contributed by atoms with E-state index in [0.717, 1.165) is 18.2 Å². The van der Waals surface area contributed by atoms with Crippen LogP contribution in [-0.2, 0) is 4.74 Å². The molecule has 0 aliphatic carbocycles. The number of ketones is 1. The van der Waals surface area contributed by atoms with Crippen molar-refractivity contribution in [2.45, 2.75) is 18.4 Å². The number of rotatable bonds is 5. The number of nitrogens with zero attached hydrogens (tertiary/aromatic N) is 1. The molecule has 1 aromatic carbocycles. The third-order valence-corrected chi connectivity index (χ3v) is 3.63. The Morgan fingerprint density at radius 1 is 1.38 bits per heavy atom. The van der Waals surface area contributed by atoms with Crippen LogP contribution < -0.4 is 0 Å². The molecule has 2 rings (SSSR count). The average Bonchev–Trinajstić information content (AvgIpc) is 2.41. The van der Waals surface area contributed by atoms with E-state index in [-0.39, 0.29) is 12.1 Å². The first-order valence-corrected chi connectivity index (χ1v) is 6.86. The zero-order valence-corrected chi connectivity index (χ0v) is 11.9. The fraction of sp³-hybridized carbons (Fsp3) is 0.533. The second-order valence-corrected chi connectivity index (χ2v) is 5.56. The Morgan fingerprint density at radius 2 is 2.05 bits per heavy atom. The minimum Gasteiger partial charge on any atom is -0.388 e. The second-order valence-electron chi connectivity index (χ2n) is 5.56. The lowest BCUT2D eigenvalue weighted by Gasteiger charge is -2.35. The molecule has 1 heterocycles. The number of likely N-dealkylation sites (N-methyl/N-ethyl adjacent to an activating group) is 1. The van der Waals surface area contributed by atoms with E-state index in [9.17, 15) is 18.7 Å². The molecule has 1 fully saturated rings. The summed E-state index contributed by atoms with van der Waals surface area (Å²) < 4.78 is 31.8. The lowest BCUT2D eigenvalue weighted by molar-refractivity contribution is -0.0758. The molecule has 1 N–H and O–H groups in total. The summed E-state index contributed by atoms with van der Waals surface area (Å²) in [6.07, 6.45) is 1.000. The van der Waals surface area contributed by atoms with Crippen molar-refractivity contribution in [1.82, 2.24) is 4.90 Å². The van der Waals surface area contributed by atoms with Crippen LogP contribution in [0.15, 0.2) is 18.2 Å². The smallest absolute Gasteiger partial charge is 0.179 e. The Balaban J connectivity index is 1.97. The summed E-state index contributed by atoms with van der Waals surface area (Å²) in [5, 5.41) is 10.4. The Labute approximate surface area is 122 Å². The average molecular weight is 299 g/mol. The predicted octanol–water partition coefficient (Wildman–Crippen LogP) is 1.62. The van der Waals surface area contributed by atoms with E-state index in [1.54, 1.807) is 11.9 Å². The lowest BCUT2D eigenvalue weighted by atomic mass is 9.94. The molecule has 116 valence electrons. The minimum absolute atomic E-state index is 0.0798. The molecule has 1 saturated heterocycles. The number of halogens is 2. The molecule has 1 aromatic rings. The van der Waals surface area contributed by atoms with Crippen LogP contribution in [0, 0.1) is 11.6 Å². The quantitative estimate of drug-likeness (QED) is 0.840. The highest BCUT2D eigenvalue weighted by molar-refractivity contribution is 5.97. The van der Waals surface area contributed by atoms with Crippen LogP contribution in [0.5, 0.6) is 0 Å². The van der Waals surface area contributed by atoms with Crippen molar-refractivity contribution in [3.05, 3.63) is 35.4 Å². The number of benzene rings is 1. The summed E-state index contributed by atoms with van der Waals surface area (Å²) >= 11 is 0. The van der Waals surface area contributed by atoms with Crippen LogP contribution in [0.1, 0.15) is 23.2 Å². The van der Waals surface area contributed by atoms with E-state index < -0.39 is 23.0 Å². The molecule has 0 radical (unpaired) electrons. The van der Waals surface area contributed by atoms with Crippen molar-refractivity contribution in [2.24, 2.45) is 0 Å². The Bertz CT molecular complexity index is 516. The summed E-state index contributed by atoms with van der Waals surface area (Å²) in [5.41, 5.74) is -1.16. The number of carbonyl (C=O) groups is 1. The number of ether oxygens (including phenoxy) is 1. The van der Waals surface area contributed by atoms with Crippen molar-refractivity contribution in [3.8, 4) is 0 Å². The van der Waals surface area contributed by atoms with Gasteiger partial charge in [-0.1, -0.05) is 0 Å². The van der Waals surface area contributed by atoms with E-state index in [1.165, 1.54) is 0 Å². The highest BCUT2D eigenvalue weighted by Crippen LogP contribution is 2.21. The Hall–Kier alpha value is -1.37. The number of carbonyl (C=O) groups excluding carboxylic acids is 1. The molecule has 0 amide bonds. The van der Waals surface area contributed by atoms with Crippen molar-refractivity contribution in [2.75, 3.05) is 33.4 Å². The van der Waals surface area contributed by atoms with Crippen LogP contribution in [-0.4, -0.2) is 54.7 Å². The first kappa shape index (κ1) is 16.0. The maximum atomic E-state index is 13.5. The van der Waals surface area contributed by atoms with Gasteiger partial charge in [-0.25, -0.2) is 8.78 Å². The monoisotopic (exact) mass is 299 g/mol. The molecule has 1 aliphatic heterocycles. The van der Waals surface area contributed by atoms with Crippen molar-refractivity contribution < 1.29 is 23.4 Å². The van der Waals surface area contributed by atoms with Gasteiger partial charge in [0.1, 0.15) is 11.6 Å². The minimum atomic E-state index is -0.895. The van der Waals surface area contributed by atoms with E-state index in [0.29, 0.717) is 32.6 Å². The SMILES string of the molecule is CN(CC(=O)c1cc(F)ccc1F)CC1(O)CCOCC1. The van der Waals surface area contributed by atoms with Gasteiger partial charge in [0.05, 0.1) is 17.7 Å². The summed E-state index contributed by atoms with van der Waals surface area (Å²) in [5.74, 6) is -1.89. The van der Waals surface area contributed by atoms with Crippen molar-refractivity contribution >= 4 is 5.78 Å². The zero-order chi connectivity index (χ0) is 15.5. The van der Waals surface area contributed by atoms with E-state index in [2.05, 4.69) is 0 Å². The van der Waals surface area contributed by atoms with Gasteiger partial charge in [0, 0.05) is 32.6 Å². The molecule has 0 spiro atoms. The number of hydrogen-bond donors (Lipinski definition) is 1. The highest BCUT2D eigenvalue weighted by atomic mass is 19.1. The molecule has 0 bridgehead atoms. The first-order valence-electron chi connectivity index (χ1n) is 6.86. The van der Waals surface area contributed by atoms with Crippen LogP contribution in [0.4, 0.5) is 8.78 Å². The molecule has 21 heavy (non-hydrogen) atoms. The maximum absolute atomic E-state index is 13.5. The van der Waals surface area contributed by atoms with Gasteiger partial charge in [0.2, 0.25) is 0 Å². The molecule has 0 unspecified atom stereocenters. The molecule has 1 aliphatic rings. The van der Waals surface area contributed by atoms with Gasteiger partial charge in [-0.2, -0.15) is 0 Å². The van der Waals surface area contributed by atoms with Gasteiger partial charge in [0.25, 0.3) is 0 Å². The summed E-state index contributed by atoms with van der Waals surface area (Å²) in [4.78, 5) is 13.6. The predicted molar refractivity (Wildman–Crippen MR) is 73.2 cm³/mol. The largest absolute Gasteiger partial charge is 0.388 e. The van der Waals surface area contributed by atoms with Crippen molar-refractivity contribution in [3.63, 3.8) is 0 Å². The zero-order valence-electron chi connectivity index (χ0n) is 11.9. The van der Waals surface area contributed by atoms with Crippen LogP contribution in [0.2, 0.25) is 0 Å². The third-order valence-electron chi connectivity index (χ3n) is 3.63. The van der Waals surface area contributed by atoms with Gasteiger partial charge in [-0.3, -0.25) is 9.69 Å². The van der Waals surface area contributed by atoms with Gasteiger partial charge < -0.3 is 9.84 Å². The highest BCUT2D eigenvalue weighted by Gasteiger charge is 2.31. The standard InChI is InChI=1S/C15H19F2NO3/c1-18(10-15(20)4-6-21-7-5-15)9-14(19)12-8-11(16)2-3-13(12)17/h2-3,8,20H,4-7,9-10H2,1H3. The van der Waals surface area contributed by atoms with E-state index in [4.69, 9.17) is 4.74 Å². The van der Waals surface area contributed by atoms with E-state index >= 15 is 0 Å². The molecule has 6 heteroatoms. The molecule has 0 atom stereocenters. The third kappa shape index (κ3) is 4.30. The summed E-state index contributed by atoms with van der Waals surface area (Å²) in [6.45, 7) is 1.18. The van der Waals surface area contributed by atoms with Gasteiger partial charge in [-0.05, 0) is 25.2 Å². The normalized spacial score (nSPS) is 18.0. The van der Waals surface area contributed by atoms with Crippen molar-refractivity contribution in [1.29, 1.82) is 0 Å². The second kappa shape index (κ2) is 6.60. The van der Waals surface area contributed by atoms with E-state index in [1.807, 2.05) is 0 Å². The molecule has 0 saturated carbocycles. The van der Waals surface area contributed by atoms with Crippen LogP contribution in [0.25, 0.3) is 0 Å². The summed E-state index contributed by atoms with van der Waals surface area (Å²) in [6, 6.07) is 2.81. The number of aliphatic hydroxyl groups is 1. The number of Topliss-reactive ketones (excluding diaryl/α,β-unsaturated/α-hetero) is 1. The number of hydrogen-bond acceptors (Lipinski definition) is 4. The Kier molecular flexibility index (Phi) is 5.03. The van der Waals surface area contributed by atoms with Crippen LogP contribution >= 0.6 is 0 Å². The molecule has 4 nitrogen and oxygen atoms in total. The lowest BCUT2D eigenvalue weighted by Crippen LogP contribution is -2.46. The Morgan fingerprint density at radius 3 is 2.71 bits per heavy atom. The summed E-state index contributed by atoms with van der Waals surface area (Å²) in [7, 11) is 1.67. The first-order chi connectivity index (χ1) is 9.89. The van der Waals surface area contributed by atoms with Crippen LogP contribution in [0.3, 0.4) is 0 Å². The van der Waals surface area contributed by atoms with Gasteiger partial charge >= 0.3 is 0 Å².